The van der Waals surface area contributed by atoms with Gasteiger partial charge in [0.15, 0.2) is 15.8 Å². The van der Waals surface area contributed by atoms with Crippen molar-refractivity contribution in [3.05, 3.63) is 35.9 Å². The van der Waals surface area contributed by atoms with Gasteiger partial charge in [0.1, 0.15) is 0 Å². The minimum Gasteiger partial charge on any atom is -0.357 e. The van der Waals surface area contributed by atoms with E-state index in [1.807, 2.05) is 13.0 Å². The summed E-state index contributed by atoms with van der Waals surface area (Å²) in [7, 11) is -2.96. The molecule has 0 bridgehead atoms. The first-order valence-electron chi connectivity index (χ1n) is 8.81. The number of rotatable bonds is 7. The molecule has 1 N–H and O–H groups in total. The van der Waals surface area contributed by atoms with Gasteiger partial charge in [-0.3, -0.25) is 4.99 Å². The molecular weight excluding hydrogens is 322 g/mol. The van der Waals surface area contributed by atoms with Gasteiger partial charge in [-0.15, -0.1) is 0 Å². The van der Waals surface area contributed by atoms with Crippen molar-refractivity contribution in [2.24, 2.45) is 10.9 Å². The van der Waals surface area contributed by atoms with E-state index in [1.165, 1.54) is 5.56 Å². The molecule has 134 valence electrons. The number of nitrogens with zero attached hydrogens (tertiary/aromatic N) is 2. The van der Waals surface area contributed by atoms with Crippen molar-refractivity contribution in [1.29, 1.82) is 0 Å². The summed E-state index contributed by atoms with van der Waals surface area (Å²) in [5.74, 6) is 1.77. The van der Waals surface area contributed by atoms with E-state index in [0.717, 1.165) is 38.4 Å². The second-order valence-electron chi connectivity index (χ2n) is 6.26. The second kappa shape index (κ2) is 9.06. The number of hydrogen-bond acceptors (Lipinski definition) is 3. The summed E-state index contributed by atoms with van der Waals surface area (Å²) >= 11 is 0. The molecular formula is C18H29N3O2S. The van der Waals surface area contributed by atoms with Crippen molar-refractivity contribution in [1.82, 2.24) is 10.2 Å². The van der Waals surface area contributed by atoms with Crippen molar-refractivity contribution in [3.8, 4) is 0 Å². The average molecular weight is 352 g/mol. The van der Waals surface area contributed by atoms with Crippen LogP contribution in [0.5, 0.6) is 0 Å². The molecule has 0 amide bonds. The smallest absolute Gasteiger partial charge is 0.193 e. The molecule has 1 aliphatic rings. The monoisotopic (exact) mass is 351 g/mol. The zero-order valence-electron chi connectivity index (χ0n) is 14.7. The van der Waals surface area contributed by atoms with Crippen LogP contribution in [0.1, 0.15) is 25.8 Å². The number of likely N-dealkylation sites (tertiary alicyclic amines) is 1. The lowest BCUT2D eigenvalue weighted by Gasteiger charge is -2.21. The molecule has 5 nitrogen and oxygen atoms in total. The van der Waals surface area contributed by atoms with E-state index >= 15 is 0 Å². The van der Waals surface area contributed by atoms with E-state index in [0.29, 0.717) is 12.5 Å². The van der Waals surface area contributed by atoms with Crippen LogP contribution < -0.4 is 5.32 Å². The fourth-order valence-corrected chi connectivity index (χ4v) is 3.66. The molecule has 1 fully saturated rings. The van der Waals surface area contributed by atoms with Crippen LogP contribution in [-0.2, 0) is 16.3 Å². The Morgan fingerprint density at radius 1 is 1.29 bits per heavy atom. The van der Waals surface area contributed by atoms with E-state index in [2.05, 4.69) is 39.5 Å². The standard InChI is InChI=1S/C18H29N3O2S/c1-3-19-18(20-11-13-24(22,23)4-2)21-12-10-17(15-21)14-16-8-6-5-7-9-16/h5-9,17H,3-4,10-15H2,1-2H3,(H,19,20). The first-order valence-corrected chi connectivity index (χ1v) is 10.6. The van der Waals surface area contributed by atoms with Crippen LogP contribution in [0.15, 0.2) is 35.3 Å². The number of sulfone groups is 1. The fourth-order valence-electron chi connectivity index (χ4n) is 3.00. The fraction of sp³-hybridized carbons (Fsp3) is 0.611. The van der Waals surface area contributed by atoms with E-state index in [9.17, 15) is 8.42 Å². The summed E-state index contributed by atoms with van der Waals surface area (Å²) in [5, 5.41) is 3.29. The second-order valence-corrected chi connectivity index (χ2v) is 8.74. The molecule has 1 unspecified atom stereocenters. The van der Waals surface area contributed by atoms with Crippen molar-refractivity contribution in [2.75, 3.05) is 37.7 Å². The minimum atomic E-state index is -2.96. The predicted molar refractivity (Wildman–Crippen MR) is 100 cm³/mol. The summed E-state index contributed by atoms with van der Waals surface area (Å²) in [4.78, 5) is 6.78. The van der Waals surface area contributed by atoms with Gasteiger partial charge < -0.3 is 10.2 Å². The van der Waals surface area contributed by atoms with Gasteiger partial charge in [-0.2, -0.15) is 0 Å². The highest BCUT2D eigenvalue weighted by Gasteiger charge is 2.25. The van der Waals surface area contributed by atoms with Crippen LogP contribution >= 0.6 is 0 Å². The molecule has 1 aliphatic heterocycles. The molecule has 0 radical (unpaired) electrons. The Morgan fingerprint density at radius 2 is 2.04 bits per heavy atom. The van der Waals surface area contributed by atoms with Crippen molar-refractivity contribution in [3.63, 3.8) is 0 Å². The van der Waals surface area contributed by atoms with Crippen LogP contribution in [0.4, 0.5) is 0 Å². The summed E-state index contributed by atoms with van der Waals surface area (Å²) in [6, 6.07) is 10.6. The summed E-state index contributed by atoms with van der Waals surface area (Å²) in [6.45, 7) is 6.79. The maximum absolute atomic E-state index is 11.6. The topological polar surface area (TPSA) is 61.8 Å². The van der Waals surface area contributed by atoms with Crippen molar-refractivity contribution in [2.45, 2.75) is 26.7 Å². The third kappa shape index (κ3) is 5.82. The quantitative estimate of drug-likeness (QED) is 0.602. The SMILES string of the molecule is CCNC(=NCCS(=O)(=O)CC)N1CCC(Cc2ccccc2)C1. The molecule has 0 aromatic heterocycles. The Balaban J connectivity index is 1.91. The Labute approximate surface area is 146 Å². The van der Waals surface area contributed by atoms with E-state index in [-0.39, 0.29) is 11.5 Å². The van der Waals surface area contributed by atoms with Gasteiger partial charge in [0, 0.05) is 25.4 Å². The van der Waals surface area contributed by atoms with E-state index in [4.69, 9.17) is 0 Å². The highest BCUT2D eigenvalue weighted by atomic mass is 32.2. The van der Waals surface area contributed by atoms with E-state index in [1.54, 1.807) is 6.92 Å². The molecule has 2 rings (SSSR count). The van der Waals surface area contributed by atoms with Crippen molar-refractivity contribution >= 4 is 15.8 Å². The zero-order chi connectivity index (χ0) is 17.4. The third-order valence-electron chi connectivity index (χ3n) is 4.39. The number of hydrogen-bond donors (Lipinski definition) is 1. The first-order chi connectivity index (χ1) is 11.5. The van der Waals surface area contributed by atoms with Crippen LogP contribution in [0.25, 0.3) is 0 Å². The first kappa shape index (κ1) is 18.8. The Kier molecular flexibility index (Phi) is 7.09. The number of guanidine groups is 1. The van der Waals surface area contributed by atoms with Crippen LogP contribution in [0.2, 0.25) is 0 Å². The van der Waals surface area contributed by atoms with Gasteiger partial charge in [0.05, 0.1) is 12.3 Å². The lowest BCUT2D eigenvalue weighted by molar-refractivity contribution is 0.460. The van der Waals surface area contributed by atoms with Gasteiger partial charge in [-0.1, -0.05) is 37.3 Å². The molecule has 0 aliphatic carbocycles. The molecule has 1 heterocycles. The molecule has 1 atom stereocenters. The molecule has 24 heavy (non-hydrogen) atoms. The average Bonchev–Trinajstić information content (AvgIpc) is 3.03. The van der Waals surface area contributed by atoms with Crippen molar-refractivity contribution < 1.29 is 8.42 Å². The highest BCUT2D eigenvalue weighted by molar-refractivity contribution is 7.91. The Bertz CT molecular complexity index is 629. The Morgan fingerprint density at radius 3 is 2.71 bits per heavy atom. The lowest BCUT2D eigenvalue weighted by atomic mass is 9.99. The molecule has 1 saturated heterocycles. The molecule has 1 aromatic carbocycles. The number of aliphatic imine (C=N–C) groups is 1. The highest BCUT2D eigenvalue weighted by Crippen LogP contribution is 2.20. The van der Waals surface area contributed by atoms with Gasteiger partial charge in [-0.25, -0.2) is 8.42 Å². The maximum Gasteiger partial charge on any atom is 0.193 e. The lowest BCUT2D eigenvalue weighted by Crippen LogP contribution is -2.40. The Hall–Kier alpha value is -1.56. The maximum atomic E-state index is 11.6. The molecule has 0 spiro atoms. The predicted octanol–water partition coefficient (Wildman–Crippen LogP) is 1.95. The van der Waals surface area contributed by atoms with Gasteiger partial charge in [0.25, 0.3) is 0 Å². The molecule has 1 aromatic rings. The molecule has 6 heteroatoms. The van der Waals surface area contributed by atoms with Gasteiger partial charge in [-0.05, 0) is 31.2 Å². The minimum absolute atomic E-state index is 0.125. The number of benzene rings is 1. The van der Waals surface area contributed by atoms with Gasteiger partial charge in [0.2, 0.25) is 0 Å². The van der Waals surface area contributed by atoms with Crippen LogP contribution in [0.3, 0.4) is 0 Å². The number of nitrogens with one attached hydrogen (secondary N) is 1. The summed E-state index contributed by atoms with van der Waals surface area (Å²) in [5.41, 5.74) is 1.38. The summed E-state index contributed by atoms with van der Waals surface area (Å²) < 4.78 is 23.2. The normalized spacial score (nSPS) is 18.8. The summed E-state index contributed by atoms with van der Waals surface area (Å²) in [6.07, 6.45) is 2.23. The largest absolute Gasteiger partial charge is 0.357 e. The third-order valence-corrected chi connectivity index (χ3v) is 6.08. The zero-order valence-corrected chi connectivity index (χ0v) is 15.6. The van der Waals surface area contributed by atoms with Crippen LogP contribution in [-0.4, -0.2) is 57.0 Å². The molecule has 0 saturated carbocycles. The van der Waals surface area contributed by atoms with E-state index < -0.39 is 9.84 Å². The van der Waals surface area contributed by atoms with Crippen LogP contribution in [0, 0.1) is 5.92 Å². The van der Waals surface area contributed by atoms with Gasteiger partial charge >= 0.3 is 0 Å².